The van der Waals surface area contributed by atoms with Crippen LogP contribution in [0.5, 0.6) is 11.5 Å². The number of nitrogens with zero attached hydrogens (tertiary/aromatic N) is 2. The van der Waals surface area contributed by atoms with Crippen LogP contribution in [-0.4, -0.2) is 13.2 Å². The molecule has 2 aromatic carbocycles. The molecule has 120 valence electrons. The molecule has 0 spiro atoms. The molecule has 2 heterocycles. The number of fused-ring (bicyclic) bond motifs is 1. The summed E-state index contributed by atoms with van der Waals surface area (Å²) in [5.74, 6) is 1.50. The second-order valence-corrected chi connectivity index (χ2v) is 6.51. The van der Waals surface area contributed by atoms with Crippen molar-refractivity contribution >= 4 is 11.3 Å². The van der Waals surface area contributed by atoms with Crippen molar-refractivity contribution in [2.75, 3.05) is 13.2 Å². The van der Waals surface area contributed by atoms with Crippen molar-refractivity contribution in [2.45, 2.75) is 0 Å². The molecule has 0 unspecified atom stereocenters. The third kappa shape index (κ3) is 2.71. The molecular weight excluding hydrogens is 332 g/mol. The molecule has 1 aromatic heterocycles. The Morgan fingerprint density at radius 2 is 1.08 bits per heavy atom. The zero-order valence-electron chi connectivity index (χ0n) is 13.2. The fourth-order valence-corrected chi connectivity index (χ4v) is 3.92. The third-order valence-electron chi connectivity index (χ3n) is 3.95. The fraction of sp³-hybridized carbons (Fsp3) is 0.100. The number of hydrogen-bond acceptors (Lipinski definition) is 5. The first kappa shape index (κ1) is 15.3. The van der Waals surface area contributed by atoms with Crippen LogP contribution in [0.3, 0.4) is 0 Å². The first-order chi connectivity index (χ1) is 12.3. The molecule has 3 aromatic rings. The minimum Gasteiger partial charge on any atom is -0.485 e. The molecule has 0 radical (unpaired) electrons. The average Bonchev–Trinajstić information content (AvgIpc) is 3.08. The van der Waals surface area contributed by atoms with E-state index in [-0.39, 0.29) is 0 Å². The van der Waals surface area contributed by atoms with Gasteiger partial charge >= 0.3 is 0 Å². The summed E-state index contributed by atoms with van der Waals surface area (Å²) in [5, 5.41) is 17.9. The lowest BCUT2D eigenvalue weighted by atomic mass is 10.1. The van der Waals surface area contributed by atoms with Gasteiger partial charge in [-0.25, -0.2) is 0 Å². The predicted octanol–water partition coefficient (Wildman–Crippen LogP) is 4.60. The van der Waals surface area contributed by atoms with E-state index in [1.807, 2.05) is 24.3 Å². The summed E-state index contributed by atoms with van der Waals surface area (Å²) in [6.45, 7) is 1.03. The van der Waals surface area contributed by atoms with Gasteiger partial charge in [-0.05, 0) is 35.4 Å². The maximum Gasteiger partial charge on any atom is 0.180 e. The number of ether oxygens (including phenoxy) is 2. The highest BCUT2D eigenvalue weighted by Crippen LogP contribution is 2.53. The van der Waals surface area contributed by atoms with Gasteiger partial charge in [0, 0.05) is 0 Å². The quantitative estimate of drug-likeness (QED) is 0.681. The van der Waals surface area contributed by atoms with Gasteiger partial charge in [0.15, 0.2) is 11.5 Å². The van der Waals surface area contributed by atoms with Crippen molar-refractivity contribution in [3.8, 4) is 44.5 Å². The second kappa shape index (κ2) is 6.32. The van der Waals surface area contributed by atoms with Gasteiger partial charge in [0.1, 0.15) is 13.2 Å². The van der Waals surface area contributed by atoms with E-state index in [1.54, 1.807) is 35.6 Å². The standard InChI is InChI=1S/C20H12N2O2S/c21-11-13-1-5-15(6-2-13)19-17-18(24-10-9-23-17)20(25-19)16-7-3-14(12-22)4-8-16/h1-8H,9-10H2. The number of rotatable bonds is 2. The van der Waals surface area contributed by atoms with Gasteiger partial charge in [-0.3, -0.25) is 0 Å². The summed E-state index contributed by atoms with van der Waals surface area (Å²) in [7, 11) is 0. The Morgan fingerprint density at radius 1 is 0.680 bits per heavy atom. The highest BCUT2D eigenvalue weighted by Gasteiger charge is 2.26. The highest BCUT2D eigenvalue weighted by molar-refractivity contribution is 7.19. The Hall–Kier alpha value is -3.28. The van der Waals surface area contributed by atoms with Crippen molar-refractivity contribution in [2.24, 2.45) is 0 Å². The van der Waals surface area contributed by atoms with Crippen LogP contribution in [0.25, 0.3) is 20.9 Å². The van der Waals surface area contributed by atoms with Gasteiger partial charge < -0.3 is 9.47 Å². The normalized spacial score (nSPS) is 12.2. The lowest BCUT2D eigenvalue weighted by Gasteiger charge is -2.17. The smallest absolute Gasteiger partial charge is 0.180 e. The van der Waals surface area contributed by atoms with E-state index in [1.165, 1.54) is 0 Å². The molecule has 0 saturated carbocycles. The number of thiophene rings is 1. The predicted molar refractivity (Wildman–Crippen MR) is 95.6 cm³/mol. The minimum atomic E-state index is 0.514. The van der Waals surface area contributed by atoms with E-state index >= 15 is 0 Å². The van der Waals surface area contributed by atoms with Gasteiger partial charge in [-0.2, -0.15) is 10.5 Å². The van der Waals surface area contributed by atoms with Crippen molar-refractivity contribution < 1.29 is 9.47 Å². The number of hydrogen-bond donors (Lipinski definition) is 0. The summed E-state index contributed by atoms with van der Waals surface area (Å²) in [6.07, 6.45) is 0. The maximum atomic E-state index is 8.97. The van der Waals surface area contributed by atoms with Gasteiger partial charge in [0.05, 0.1) is 33.0 Å². The molecule has 0 bridgehead atoms. The SMILES string of the molecule is N#Cc1ccc(-c2sc(-c3ccc(C#N)cc3)c3c2OCCO3)cc1. The van der Waals surface area contributed by atoms with Gasteiger partial charge in [0.2, 0.25) is 0 Å². The second-order valence-electron chi connectivity index (χ2n) is 5.49. The lowest BCUT2D eigenvalue weighted by molar-refractivity contribution is 0.175. The van der Waals surface area contributed by atoms with E-state index in [4.69, 9.17) is 20.0 Å². The zero-order chi connectivity index (χ0) is 17.2. The van der Waals surface area contributed by atoms with Gasteiger partial charge in [0.25, 0.3) is 0 Å². The topological polar surface area (TPSA) is 66.0 Å². The molecule has 0 saturated heterocycles. The minimum absolute atomic E-state index is 0.514. The molecule has 0 atom stereocenters. The van der Waals surface area contributed by atoms with E-state index in [0.29, 0.717) is 24.3 Å². The fourth-order valence-electron chi connectivity index (χ4n) is 2.72. The average molecular weight is 344 g/mol. The van der Waals surface area contributed by atoms with E-state index in [9.17, 15) is 0 Å². The molecule has 0 amide bonds. The molecule has 1 aliphatic heterocycles. The first-order valence-corrected chi connectivity index (χ1v) is 8.55. The van der Waals surface area contributed by atoms with Crippen LogP contribution < -0.4 is 9.47 Å². The highest BCUT2D eigenvalue weighted by atomic mass is 32.1. The molecule has 4 rings (SSSR count). The zero-order valence-corrected chi connectivity index (χ0v) is 14.0. The summed E-state index contributed by atoms with van der Waals surface area (Å²) in [4.78, 5) is 1.97. The van der Waals surface area contributed by atoms with Crippen LogP contribution in [0.15, 0.2) is 48.5 Å². The Balaban J connectivity index is 1.84. The molecule has 5 heteroatoms. The van der Waals surface area contributed by atoms with E-state index < -0.39 is 0 Å². The summed E-state index contributed by atoms with van der Waals surface area (Å²) in [6, 6.07) is 19.1. The van der Waals surface area contributed by atoms with Crippen LogP contribution >= 0.6 is 11.3 Å². The Labute approximate surface area is 149 Å². The lowest BCUT2D eigenvalue weighted by Crippen LogP contribution is -2.14. The van der Waals surface area contributed by atoms with Crippen LogP contribution in [0.4, 0.5) is 0 Å². The van der Waals surface area contributed by atoms with Crippen molar-refractivity contribution in [1.82, 2.24) is 0 Å². The third-order valence-corrected chi connectivity index (χ3v) is 5.20. The molecule has 0 N–H and O–H groups in total. The van der Waals surface area contributed by atoms with Crippen LogP contribution in [0.2, 0.25) is 0 Å². The van der Waals surface area contributed by atoms with Crippen LogP contribution in [-0.2, 0) is 0 Å². The summed E-state index contributed by atoms with van der Waals surface area (Å²) in [5.41, 5.74) is 3.23. The summed E-state index contributed by atoms with van der Waals surface area (Å²) < 4.78 is 11.8. The molecule has 0 aliphatic carbocycles. The van der Waals surface area contributed by atoms with Crippen molar-refractivity contribution in [1.29, 1.82) is 10.5 Å². The maximum absolute atomic E-state index is 8.97. The monoisotopic (exact) mass is 344 g/mol. The molecule has 4 nitrogen and oxygen atoms in total. The first-order valence-electron chi connectivity index (χ1n) is 7.73. The molecule has 0 fully saturated rings. The Morgan fingerprint density at radius 3 is 1.44 bits per heavy atom. The molecule has 25 heavy (non-hydrogen) atoms. The number of benzene rings is 2. The number of nitriles is 2. The molecule has 1 aliphatic rings. The summed E-state index contributed by atoms with van der Waals surface area (Å²) >= 11 is 1.59. The van der Waals surface area contributed by atoms with Gasteiger partial charge in [-0.15, -0.1) is 11.3 Å². The van der Waals surface area contributed by atoms with Gasteiger partial charge in [-0.1, -0.05) is 24.3 Å². The van der Waals surface area contributed by atoms with Crippen LogP contribution in [0.1, 0.15) is 11.1 Å². The largest absolute Gasteiger partial charge is 0.485 e. The van der Waals surface area contributed by atoms with E-state index in [2.05, 4.69) is 12.1 Å². The molecular formula is C20H12N2O2S. The Bertz CT molecular complexity index is 924. The van der Waals surface area contributed by atoms with Crippen molar-refractivity contribution in [3.63, 3.8) is 0 Å². The van der Waals surface area contributed by atoms with E-state index in [0.717, 1.165) is 32.4 Å². The van der Waals surface area contributed by atoms with Crippen LogP contribution in [0, 0.1) is 22.7 Å². The van der Waals surface area contributed by atoms with Crippen molar-refractivity contribution in [3.05, 3.63) is 59.7 Å². The Kier molecular flexibility index (Phi) is 3.85.